The molecule has 0 saturated heterocycles. The van der Waals surface area contributed by atoms with Crippen LogP contribution in [0.5, 0.6) is 0 Å². The number of allylic oxidation sites excluding steroid dienone is 2. The molecule has 0 radical (unpaired) electrons. The minimum absolute atomic E-state index is 0.0407. The molecule has 0 unspecified atom stereocenters. The van der Waals surface area contributed by atoms with Crippen molar-refractivity contribution >= 4 is 25.9 Å². The van der Waals surface area contributed by atoms with Gasteiger partial charge in [0.05, 0.1) is 14.6 Å². The molecule has 2 aromatic rings. The number of hydrogen-bond acceptors (Lipinski definition) is 7. The zero-order valence-corrected chi connectivity index (χ0v) is 23.5. The Kier molecular flexibility index (Phi) is 6.04. The number of ether oxygens (including phenoxy) is 1. The Morgan fingerprint density at radius 2 is 1.95 bits per heavy atom. The van der Waals surface area contributed by atoms with Crippen molar-refractivity contribution in [3.8, 4) is 0 Å². The second kappa shape index (κ2) is 9.20. The molecule has 9 heteroatoms. The van der Waals surface area contributed by atoms with Crippen molar-refractivity contribution in [1.29, 1.82) is 0 Å². The van der Waals surface area contributed by atoms with Crippen LogP contribution in [0, 0.1) is 0 Å². The van der Waals surface area contributed by atoms with E-state index in [0.717, 1.165) is 35.7 Å². The SMILES string of the molecule is CC[C@@]1(O)C(=O)OCC2=C1CC1=C(C2=O)N2Cc3c(cccc3CC[Si](C)(C)Cn3ccccc3=O)C=C2N1. The van der Waals surface area contributed by atoms with E-state index in [2.05, 4.69) is 42.7 Å². The standard InChI is InChI=1S/C30H33N3O5Si/c1-4-30(37)23-15-24-27(28(35)22(23)17-38-29(30)36)33-16-21-19(8-7-9-20(21)14-25(33)31-24)11-13-39(2,3)18-32-12-6-5-10-26(32)34/h5-10,12,14,31,37H,4,11,13,15-18H2,1-3H3/t30-/m0/s1. The zero-order chi connectivity index (χ0) is 27.5. The summed E-state index contributed by atoms with van der Waals surface area (Å²) in [5, 5.41) is 14.5. The number of nitrogens with zero attached hydrogens (tertiary/aromatic N) is 2. The average Bonchev–Trinajstić information content (AvgIpc) is 3.27. The van der Waals surface area contributed by atoms with E-state index in [1.807, 2.05) is 21.7 Å². The Labute approximate surface area is 228 Å². The van der Waals surface area contributed by atoms with Crippen LogP contribution in [-0.4, -0.2) is 46.6 Å². The number of carbonyl (C=O) groups is 2. The highest BCUT2D eigenvalue weighted by Gasteiger charge is 2.51. The van der Waals surface area contributed by atoms with Crippen LogP contribution in [0.2, 0.25) is 19.1 Å². The molecule has 1 atom stereocenters. The lowest BCUT2D eigenvalue weighted by Gasteiger charge is -2.36. The van der Waals surface area contributed by atoms with Crippen molar-refractivity contribution < 1.29 is 19.4 Å². The number of Topliss-reactive ketones (excluding diaryl/α,β-unsaturated/α-hetero) is 1. The van der Waals surface area contributed by atoms with Gasteiger partial charge >= 0.3 is 5.97 Å². The number of ketones is 1. The van der Waals surface area contributed by atoms with E-state index < -0.39 is 19.6 Å². The van der Waals surface area contributed by atoms with Gasteiger partial charge in [0, 0.05) is 36.1 Å². The molecule has 1 aliphatic carbocycles. The first-order chi connectivity index (χ1) is 18.6. The lowest BCUT2D eigenvalue weighted by atomic mass is 9.78. The third-order valence-corrected chi connectivity index (χ3v) is 11.3. The van der Waals surface area contributed by atoms with Crippen LogP contribution < -0.4 is 10.9 Å². The van der Waals surface area contributed by atoms with E-state index in [9.17, 15) is 19.5 Å². The molecule has 0 amide bonds. The maximum atomic E-state index is 13.7. The Morgan fingerprint density at radius 1 is 1.13 bits per heavy atom. The summed E-state index contributed by atoms with van der Waals surface area (Å²) in [6.07, 6.45) is 6.09. The second-order valence-corrected chi connectivity index (χ2v) is 16.8. The highest BCUT2D eigenvalue weighted by Crippen LogP contribution is 2.44. The zero-order valence-electron chi connectivity index (χ0n) is 22.5. The molecule has 0 saturated carbocycles. The number of aromatic nitrogens is 1. The van der Waals surface area contributed by atoms with Gasteiger partial charge in [-0.2, -0.15) is 0 Å². The van der Waals surface area contributed by atoms with E-state index in [1.54, 1.807) is 19.1 Å². The highest BCUT2D eigenvalue weighted by atomic mass is 28.3. The van der Waals surface area contributed by atoms with Gasteiger partial charge in [0.1, 0.15) is 18.1 Å². The lowest BCUT2D eigenvalue weighted by molar-refractivity contribution is -0.163. The number of rotatable bonds is 6. The van der Waals surface area contributed by atoms with Crippen molar-refractivity contribution in [3.63, 3.8) is 0 Å². The average molecular weight is 544 g/mol. The summed E-state index contributed by atoms with van der Waals surface area (Å²) in [6.45, 7) is 6.82. The van der Waals surface area contributed by atoms with E-state index in [0.29, 0.717) is 29.8 Å². The van der Waals surface area contributed by atoms with Crippen molar-refractivity contribution in [3.05, 3.63) is 98.0 Å². The molecule has 2 N–H and O–H groups in total. The molecule has 4 aliphatic rings. The quantitative estimate of drug-likeness (QED) is 0.426. The van der Waals surface area contributed by atoms with Crippen LogP contribution in [0.15, 0.2) is 75.8 Å². The molecule has 4 heterocycles. The molecule has 8 nitrogen and oxygen atoms in total. The van der Waals surface area contributed by atoms with Gasteiger partial charge in [-0.3, -0.25) is 9.59 Å². The summed E-state index contributed by atoms with van der Waals surface area (Å²) < 4.78 is 7.06. The van der Waals surface area contributed by atoms with Crippen molar-refractivity contribution in [2.75, 3.05) is 6.61 Å². The van der Waals surface area contributed by atoms with Crippen molar-refractivity contribution in [1.82, 2.24) is 14.8 Å². The Hall–Kier alpha value is -3.69. The molecule has 1 aromatic carbocycles. The van der Waals surface area contributed by atoms with Gasteiger partial charge in [0.2, 0.25) is 11.3 Å². The van der Waals surface area contributed by atoms with Gasteiger partial charge in [0.25, 0.3) is 0 Å². The van der Waals surface area contributed by atoms with Gasteiger partial charge in [-0.1, -0.05) is 50.3 Å². The van der Waals surface area contributed by atoms with E-state index in [4.69, 9.17) is 4.74 Å². The first-order valence-corrected chi connectivity index (χ1v) is 17.0. The number of aryl methyl sites for hydroxylation is 1. The van der Waals surface area contributed by atoms with Gasteiger partial charge in [0.15, 0.2) is 5.60 Å². The number of cyclic esters (lactones) is 1. The monoisotopic (exact) mass is 543 g/mol. The predicted molar refractivity (Wildman–Crippen MR) is 150 cm³/mol. The number of fused-ring (bicyclic) bond motifs is 3. The smallest absolute Gasteiger partial charge is 0.342 e. The fourth-order valence-corrected chi connectivity index (χ4v) is 8.49. The van der Waals surface area contributed by atoms with Crippen LogP contribution in [-0.2, 0) is 33.5 Å². The maximum Gasteiger partial charge on any atom is 0.342 e. The minimum Gasteiger partial charge on any atom is -0.458 e. The third-order valence-electron chi connectivity index (χ3n) is 8.51. The van der Waals surface area contributed by atoms with E-state index >= 15 is 0 Å². The highest BCUT2D eigenvalue weighted by molar-refractivity contribution is 6.76. The number of esters is 1. The van der Waals surface area contributed by atoms with Crippen LogP contribution in [0.3, 0.4) is 0 Å². The number of nitrogens with one attached hydrogen (secondary N) is 1. The molecular weight excluding hydrogens is 510 g/mol. The second-order valence-electron chi connectivity index (χ2n) is 11.6. The third kappa shape index (κ3) is 4.20. The van der Waals surface area contributed by atoms with Gasteiger partial charge in [-0.25, -0.2) is 4.79 Å². The molecule has 1 aromatic heterocycles. The largest absolute Gasteiger partial charge is 0.458 e. The molecule has 0 spiro atoms. The van der Waals surface area contributed by atoms with Crippen molar-refractivity contribution in [2.45, 2.75) is 63.6 Å². The summed E-state index contributed by atoms with van der Waals surface area (Å²) in [5.74, 6) is -0.0382. The van der Waals surface area contributed by atoms with Crippen molar-refractivity contribution in [2.24, 2.45) is 0 Å². The summed E-state index contributed by atoms with van der Waals surface area (Å²) in [6, 6.07) is 12.7. The molecular formula is C30H33N3O5Si. The van der Waals surface area contributed by atoms with Crippen LogP contribution in [0.25, 0.3) is 6.08 Å². The van der Waals surface area contributed by atoms with E-state index in [1.165, 1.54) is 11.1 Å². The van der Waals surface area contributed by atoms with Crippen LogP contribution in [0.1, 0.15) is 36.5 Å². The Morgan fingerprint density at radius 3 is 2.72 bits per heavy atom. The number of carbonyl (C=O) groups excluding carboxylic acids is 2. The minimum atomic E-state index is -1.77. The lowest BCUT2D eigenvalue weighted by Crippen LogP contribution is -2.48. The summed E-state index contributed by atoms with van der Waals surface area (Å²) in [5.41, 5.74) is 4.01. The summed E-state index contributed by atoms with van der Waals surface area (Å²) >= 11 is 0. The molecule has 3 aliphatic heterocycles. The topological polar surface area (TPSA) is 101 Å². The maximum absolute atomic E-state index is 13.7. The fourth-order valence-electron chi connectivity index (χ4n) is 6.21. The molecule has 202 valence electrons. The molecule has 39 heavy (non-hydrogen) atoms. The summed E-state index contributed by atoms with van der Waals surface area (Å²) in [4.78, 5) is 40.4. The van der Waals surface area contributed by atoms with Gasteiger partial charge in [-0.15, -0.1) is 0 Å². The van der Waals surface area contributed by atoms with Crippen LogP contribution >= 0.6 is 0 Å². The fraction of sp³-hybridized carbons (Fsp3) is 0.367. The molecule has 6 rings (SSSR count). The van der Waals surface area contributed by atoms with Crippen LogP contribution in [0.4, 0.5) is 0 Å². The normalized spacial score (nSPS) is 22.1. The Balaban J connectivity index is 1.25. The van der Waals surface area contributed by atoms with Gasteiger partial charge < -0.3 is 24.6 Å². The number of benzene rings is 1. The first kappa shape index (κ1) is 25.6. The molecule has 0 fully saturated rings. The van der Waals surface area contributed by atoms with E-state index in [-0.39, 0.29) is 24.4 Å². The number of pyridine rings is 1. The first-order valence-electron chi connectivity index (χ1n) is 13.5. The predicted octanol–water partition coefficient (Wildman–Crippen LogP) is 3.23. The number of hydrogen-bond donors (Lipinski definition) is 2. The summed E-state index contributed by atoms with van der Waals surface area (Å²) in [7, 11) is -1.72. The van der Waals surface area contributed by atoms with Gasteiger partial charge in [-0.05, 0) is 47.2 Å². The molecule has 0 bridgehead atoms. The number of aliphatic hydroxyl groups is 1. The Bertz CT molecular complexity index is 1570.